The minimum absolute atomic E-state index is 0.117. The third-order valence-corrected chi connectivity index (χ3v) is 3.12. The minimum Gasteiger partial charge on any atom is -0.380 e. The zero-order chi connectivity index (χ0) is 15.2. The van der Waals surface area contributed by atoms with Gasteiger partial charge in [-0.3, -0.25) is 4.79 Å². The first-order chi connectivity index (χ1) is 10.1. The summed E-state index contributed by atoms with van der Waals surface area (Å²) in [5.74, 6) is -0.117. The van der Waals surface area contributed by atoms with E-state index in [0.29, 0.717) is 12.2 Å². The standard InChI is InChI=1S/C17H20N2O2/c1-19(2)16-9-5-7-14(11-16)17(20)18-15-8-4-6-13(10-15)12-21-3/h4-11H,12H2,1-3H3,(H,18,20). The Morgan fingerprint density at radius 2 is 1.90 bits per heavy atom. The number of hydrogen-bond acceptors (Lipinski definition) is 3. The number of hydrogen-bond donors (Lipinski definition) is 1. The van der Waals surface area contributed by atoms with Crippen LogP contribution in [-0.4, -0.2) is 27.1 Å². The van der Waals surface area contributed by atoms with Gasteiger partial charge >= 0.3 is 0 Å². The van der Waals surface area contributed by atoms with Crippen LogP contribution < -0.4 is 10.2 Å². The van der Waals surface area contributed by atoms with Crippen LogP contribution in [0.15, 0.2) is 48.5 Å². The Bertz CT molecular complexity index is 624. The first-order valence-electron chi connectivity index (χ1n) is 6.77. The van der Waals surface area contributed by atoms with E-state index in [9.17, 15) is 4.79 Å². The second-order valence-electron chi connectivity index (χ2n) is 5.03. The molecule has 2 aromatic carbocycles. The summed E-state index contributed by atoms with van der Waals surface area (Å²) in [7, 11) is 5.55. The van der Waals surface area contributed by atoms with Gasteiger partial charge in [0.25, 0.3) is 5.91 Å². The lowest BCUT2D eigenvalue weighted by atomic mass is 10.1. The van der Waals surface area contributed by atoms with E-state index in [1.54, 1.807) is 13.2 Å². The van der Waals surface area contributed by atoms with Gasteiger partial charge in [-0.15, -0.1) is 0 Å². The van der Waals surface area contributed by atoms with Crippen LogP contribution in [0.3, 0.4) is 0 Å². The summed E-state index contributed by atoms with van der Waals surface area (Å²) < 4.78 is 5.10. The number of carbonyl (C=O) groups is 1. The normalized spacial score (nSPS) is 10.2. The van der Waals surface area contributed by atoms with Crippen molar-refractivity contribution in [3.63, 3.8) is 0 Å². The van der Waals surface area contributed by atoms with Crippen molar-refractivity contribution in [2.24, 2.45) is 0 Å². The van der Waals surface area contributed by atoms with Gasteiger partial charge < -0.3 is 15.0 Å². The fourth-order valence-corrected chi connectivity index (χ4v) is 2.03. The van der Waals surface area contributed by atoms with Gasteiger partial charge in [-0.25, -0.2) is 0 Å². The molecule has 0 fully saturated rings. The van der Waals surface area contributed by atoms with Gasteiger partial charge in [0.2, 0.25) is 0 Å². The van der Waals surface area contributed by atoms with Gasteiger partial charge in [-0.1, -0.05) is 18.2 Å². The number of ether oxygens (including phenoxy) is 1. The molecule has 0 unspecified atom stereocenters. The Labute approximate surface area is 125 Å². The van der Waals surface area contributed by atoms with Gasteiger partial charge in [0.15, 0.2) is 0 Å². The molecule has 4 nitrogen and oxygen atoms in total. The maximum Gasteiger partial charge on any atom is 0.255 e. The SMILES string of the molecule is COCc1cccc(NC(=O)c2cccc(N(C)C)c2)c1. The number of benzene rings is 2. The molecule has 0 aliphatic rings. The number of rotatable bonds is 5. The van der Waals surface area contributed by atoms with Crippen molar-refractivity contribution in [1.29, 1.82) is 0 Å². The Hall–Kier alpha value is -2.33. The van der Waals surface area contributed by atoms with Crippen LogP contribution in [0, 0.1) is 0 Å². The molecular formula is C17H20N2O2. The first-order valence-corrected chi connectivity index (χ1v) is 6.77. The molecule has 0 aliphatic heterocycles. The average Bonchev–Trinajstić information content (AvgIpc) is 2.48. The molecule has 1 N–H and O–H groups in total. The summed E-state index contributed by atoms with van der Waals surface area (Å²) in [6, 6.07) is 15.2. The van der Waals surface area contributed by atoms with E-state index < -0.39 is 0 Å². The van der Waals surface area contributed by atoms with Crippen LogP contribution in [-0.2, 0) is 11.3 Å². The summed E-state index contributed by atoms with van der Waals surface area (Å²) in [4.78, 5) is 14.3. The van der Waals surface area contributed by atoms with E-state index in [0.717, 1.165) is 16.9 Å². The predicted molar refractivity (Wildman–Crippen MR) is 85.9 cm³/mol. The molecule has 2 aromatic rings. The molecule has 21 heavy (non-hydrogen) atoms. The highest BCUT2D eigenvalue weighted by Gasteiger charge is 2.08. The minimum atomic E-state index is -0.117. The van der Waals surface area contributed by atoms with Gasteiger partial charge in [0.1, 0.15) is 0 Å². The zero-order valence-electron chi connectivity index (χ0n) is 12.6. The molecule has 0 bridgehead atoms. The summed E-state index contributed by atoms with van der Waals surface area (Å²) in [6.45, 7) is 0.528. The molecule has 0 aliphatic carbocycles. The van der Waals surface area contributed by atoms with Gasteiger partial charge in [-0.2, -0.15) is 0 Å². The second kappa shape index (κ2) is 6.90. The third-order valence-electron chi connectivity index (χ3n) is 3.12. The third kappa shape index (κ3) is 4.07. The largest absolute Gasteiger partial charge is 0.380 e. The Kier molecular flexibility index (Phi) is 4.95. The van der Waals surface area contributed by atoms with E-state index in [-0.39, 0.29) is 5.91 Å². The van der Waals surface area contributed by atoms with E-state index in [1.165, 1.54) is 0 Å². The van der Waals surface area contributed by atoms with Crippen molar-refractivity contribution in [2.75, 3.05) is 31.4 Å². The summed E-state index contributed by atoms with van der Waals surface area (Å²) in [5, 5.41) is 2.91. The highest BCUT2D eigenvalue weighted by atomic mass is 16.5. The fraction of sp³-hybridized carbons (Fsp3) is 0.235. The summed E-state index contributed by atoms with van der Waals surface area (Å²) in [5.41, 5.74) is 3.43. The molecule has 0 saturated heterocycles. The molecular weight excluding hydrogens is 264 g/mol. The highest BCUT2D eigenvalue weighted by Crippen LogP contribution is 2.16. The lowest BCUT2D eigenvalue weighted by Gasteiger charge is -2.13. The van der Waals surface area contributed by atoms with Gasteiger partial charge in [0.05, 0.1) is 6.61 Å². The van der Waals surface area contributed by atoms with Gasteiger partial charge in [0, 0.05) is 38.1 Å². The average molecular weight is 284 g/mol. The topological polar surface area (TPSA) is 41.6 Å². The summed E-state index contributed by atoms with van der Waals surface area (Å²) in [6.07, 6.45) is 0. The highest BCUT2D eigenvalue weighted by molar-refractivity contribution is 6.04. The molecule has 0 aromatic heterocycles. The molecule has 1 amide bonds. The molecule has 2 rings (SSSR count). The van der Waals surface area contributed by atoms with Crippen molar-refractivity contribution in [3.05, 3.63) is 59.7 Å². The van der Waals surface area contributed by atoms with Crippen molar-refractivity contribution in [1.82, 2.24) is 0 Å². The van der Waals surface area contributed by atoms with E-state index in [2.05, 4.69) is 5.32 Å². The summed E-state index contributed by atoms with van der Waals surface area (Å²) >= 11 is 0. The number of nitrogens with one attached hydrogen (secondary N) is 1. The molecule has 110 valence electrons. The number of methoxy groups -OCH3 is 1. The van der Waals surface area contributed by atoms with Crippen molar-refractivity contribution >= 4 is 17.3 Å². The van der Waals surface area contributed by atoms with Crippen LogP contribution in [0.4, 0.5) is 11.4 Å². The van der Waals surface area contributed by atoms with Gasteiger partial charge in [-0.05, 0) is 35.9 Å². The Balaban J connectivity index is 2.14. The monoisotopic (exact) mass is 284 g/mol. The van der Waals surface area contributed by atoms with E-state index in [1.807, 2.05) is 61.5 Å². The first kappa shape index (κ1) is 15.1. The number of carbonyl (C=O) groups excluding carboxylic acids is 1. The van der Waals surface area contributed by atoms with Crippen molar-refractivity contribution < 1.29 is 9.53 Å². The van der Waals surface area contributed by atoms with Crippen LogP contribution in [0.5, 0.6) is 0 Å². The number of nitrogens with zero attached hydrogens (tertiary/aromatic N) is 1. The quantitative estimate of drug-likeness (QED) is 0.917. The number of amides is 1. The molecule has 0 heterocycles. The lowest BCUT2D eigenvalue weighted by molar-refractivity contribution is 0.102. The fourth-order valence-electron chi connectivity index (χ4n) is 2.03. The zero-order valence-corrected chi connectivity index (χ0v) is 12.6. The maximum absolute atomic E-state index is 12.3. The Morgan fingerprint density at radius 3 is 2.62 bits per heavy atom. The molecule has 0 spiro atoms. The van der Waals surface area contributed by atoms with E-state index >= 15 is 0 Å². The van der Waals surface area contributed by atoms with Crippen LogP contribution >= 0.6 is 0 Å². The van der Waals surface area contributed by atoms with Crippen molar-refractivity contribution in [3.8, 4) is 0 Å². The molecule has 0 atom stereocenters. The Morgan fingerprint density at radius 1 is 1.14 bits per heavy atom. The second-order valence-corrected chi connectivity index (χ2v) is 5.03. The van der Waals surface area contributed by atoms with E-state index in [4.69, 9.17) is 4.74 Å². The predicted octanol–water partition coefficient (Wildman–Crippen LogP) is 3.15. The smallest absolute Gasteiger partial charge is 0.255 e. The van der Waals surface area contributed by atoms with Crippen LogP contribution in [0.1, 0.15) is 15.9 Å². The van der Waals surface area contributed by atoms with Crippen LogP contribution in [0.2, 0.25) is 0 Å². The molecule has 4 heteroatoms. The lowest BCUT2D eigenvalue weighted by Crippen LogP contribution is -2.14. The maximum atomic E-state index is 12.3. The molecule has 0 saturated carbocycles. The molecule has 0 radical (unpaired) electrons. The van der Waals surface area contributed by atoms with Crippen molar-refractivity contribution in [2.45, 2.75) is 6.61 Å². The van der Waals surface area contributed by atoms with Crippen LogP contribution in [0.25, 0.3) is 0 Å². The number of anilines is 2.